The maximum Gasteiger partial charge on any atom is 0.419 e. The van der Waals surface area contributed by atoms with Gasteiger partial charge in [-0.15, -0.1) is 12.4 Å². The van der Waals surface area contributed by atoms with Gasteiger partial charge in [0.15, 0.2) is 0 Å². The molecule has 1 aliphatic heterocycles. The van der Waals surface area contributed by atoms with Crippen molar-refractivity contribution in [3.05, 3.63) is 59.3 Å². The van der Waals surface area contributed by atoms with E-state index in [1.165, 1.54) is 12.3 Å². The van der Waals surface area contributed by atoms with Crippen molar-refractivity contribution in [3.63, 3.8) is 0 Å². The molecular formula is C16H17ClF4N2O. The molecule has 0 radical (unpaired) electrons. The zero-order chi connectivity index (χ0) is 16.4. The zero-order valence-electron chi connectivity index (χ0n) is 12.6. The van der Waals surface area contributed by atoms with Gasteiger partial charge in [-0.05, 0) is 29.8 Å². The number of benzene rings is 1. The van der Waals surface area contributed by atoms with Crippen LogP contribution in [0, 0.1) is 5.82 Å². The first-order valence-corrected chi connectivity index (χ1v) is 7.31. The van der Waals surface area contributed by atoms with Crippen LogP contribution in [0.3, 0.4) is 0 Å². The van der Waals surface area contributed by atoms with E-state index >= 15 is 0 Å². The van der Waals surface area contributed by atoms with E-state index in [1.807, 2.05) is 4.90 Å². The van der Waals surface area contributed by atoms with Gasteiger partial charge in [0.05, 0.1) is 17.9 Å². The highest BCUT2D eigenvalue weighted by Gasteiger charge is 2.36. The number of hydrogen-bond donors (Lipinski definition) is 1. The molecule has 0 saturated carbocycles. The monoisotopic (exact) mass is 364 g/mol. The van der Waals surface area contributed by atoms with Crippen LogP contribution in [-0.4, -0.2) is 31.1 Å². The van der Waals surface area contributed by atoms with Crippen LogP contribution in [0.4, 0.5) is 17.6 Å². The normalized spacial score (nSPS) is 17.3. The molecule has 3 nitrogen and oxygen atoms in total. The third-order valence-corrected chi connectivity index (χ3v) is 3.94. The second-order valence-corrected chi connectivity index (χ2v) is 5.44. The Morgan fingerprint density at radius 1 is 1.12 bits per heavy atom. The van der Waals surface area contributed by atoms with Crippen LogP contribution in [0.15, 0.2) is 41.0 Å². The largest absolute Gasteiger partial charge is 0.467 e. The van der Waals surface area contributed by atoms with Gasteiger partial charge in [-0.2, -0.15) is 13.2 Å². The molecule has 1 aromatic carbocycles. The van der Waals surface area contributed by atoms with E-state index in [-0.39, 0.29) is 12.4 Å². The smallest absolute Gasteiger partial charge is 0.419 e. The van der Waals surface area contributed by atoms with Gasteiger partial charge in [-0.3, -0.25) is 4.90 Å². The molecule has 1 aromatic heterocycles. The fourth-order valence-electron chi connectivity index (χ4n) is 2.87. The molecule has 2 aromatic rings. The van der Waals surface area contributed by atoms with E-state index in [1.54, 1.807) is 12.1 Å². The summed E-state index contributed by atoms with van der Waals surface area (Å²) in [5.74, 6) is -0.716. The summed E-state index contributed by atoms with van der Waals surface area (Å²) < 4.78 is 57.9. The summed E-state index contributed by atoms with van der Waals surface area (Å²) in [5.41, 5.74) is -0.878. The molecule has 0 amide bonds. The van der Waals surface area contributed by atoms with Crippen LogP contribution >= 0.6 is 12.4 Å². The lowest BCUT2D eigenvalue weighted by Crippen LogP contribution is -2.45. The molecular weight excluding hydrogens is 348 g/mol. The van der Waals surface area contributed by atoms with E-state index in [9.17, 15) is 17.6 Å². The second kappa shape index (κ2) is 7.55. The Bertz CT molecular complexity index is 655. The molecule has 0 spiro atoms. The molecule has 8 heteroatoms. The molecule has 1 fully saturated rings. The first kappa shape index (κ1) is 18.8. The highest BCUT2D eigenvalue weighted by atomic mass is 35.5. The summed E-state index contributed by atoms with van der Waals surface area (Å²) in [7, 11) is 0. The Balaban J connectivity index is 0.00000208. The highest BCUT2D eigenvalue weighted by Crippen LogP contribution is 2.36. The van der Waals surface area contributed by atoms with Crippen LogP contribution < -0.4 is 5.32 Å². The van der Waals surface area contributed by atoms with Gasteiger partial charge in [-0.25, -0.2) is 4.39 Å². The molecule has 1 N–H and O–H groups in total. The second-order valence-electron chi connectivity index (χ2n) is 5.44. The lowest BCUT2D eigenvalue weighted by atomic mass is 9.99. The summed E-state index contributed by atoms with van der Waals surface area (Å²) in [6.07, 6.45) is -3.24. The van der Waals surface area contributed by atoms with Gasteiger partial charge < -0.3 is 9.73 Å². The van der Waals surface area contributed by atoms with E-state index in [4.69, 9.17) is 4.42 Å². The lowest BCUT2D eigenvalue weighted by molar-refractivity contribution is -0.140. The summed E-state index contributed by atoms with van der Waals surface area (Å²) in [6.45, 7) is 2.82. The molecule has 0 aliphatic carbocycles. The molecule has 1 saturated heterocycles. The van der Waals surface area contributed by atoms with E-state index in [0.29, 0.717) is 24.4 Å². The predicted molar refractivity (Wildman–Crippen MR) is 83.6 cm³/mol. The first-order chi connectivity index (χ1) is 11.0. The lowest BCUT2D eigenvalue weighted by Gasteiger charge is -2.34. The minimum atomic E-state index is -4.72. The van der Waals surface area contributed by atoms with Crippen LogP contribution in [0.1, 0.15) is 22.9 Å². The van der Waals surface area contributed by atoms with Crippen LogP contribution in [-0.2, 0) is 6.18 Å². The van der Waals surface area contributed by atoms with Gasteiger partial charge in [-0.1, -0.05) is 6.07 Å². The quantitative estimate of drug-likeness (QED) is 0.838. The number of piperazine rings is 1. The van der Waals surface area contributed by atoms with Crippen LogP contribution in [0.25, 0.3) is 0 Å². The van der Waals surface area contributed by atoms with Crippen molar-refractivity contribution in [2.75, 3.05) is 26.2 Å². The number of halogens is 5. The molecule has 1 aliphatic rings. The maximum atomic E-state index is 13.5. The Hall–Kier alpha value is -1.57. The van der Waals surface area contributed by atoms with Crippen molar-refractivity contribution in [1.29, 1.82) is 0 Å². The van der Waals surface area contributed by atoms with Crippen molar-refractivity contribution >= 4 is 12.4 Å². The highest BCUT2D eigenvalue weighted by molar-refractivity contribution is 5.85. The fraction of sp³-hybridized carbons (Fsp3) is 0.375. The van der Waals surface area contributed by atoms with Gasteiger partial charge in [0, 0.05) is 26.2 Å². The van der Waals surface area contributed by atoms with Crippen LogP contribution in [0.2, 0.25) is 0 Å². The Morgan fingerprint density at radius 3 is 2.42 bits per heavy atom. The number of rotatable bonds is 3. The number of nitrogens with one attached hydrogen (secondary N) is 1. The summed E-state index contributed by atoms with van der Waals surface area (Å²) in [5, 5.41) is 3.20. The fourth-order valence-corrected chi connectivity index (χ4v) is 2.87. The maximum absolute atomic E-state index is 13.5. The van der Waals surface area contributed by atoms with Crippen molar-refractivity contribution in [2.45, 2.75) is 12.2 Å². The van der Waals surface area contributed by atoms with Gasteiger partial charge in [0.25, 0.3) is 0 Å². The molecule has 0 bridgehead atoms. The summed E-state index contributed by atoms with van der Waals surface area (Å²) in [4.78, 5) is 2.03. The Labute approximate surface area is 143 Å². The average molecular weight is 365 g/mol. The molecule has 2 heterocycles. The number of alkyl halides is 3. The van der Waals surface area contributed by atoms with Crippen molar-refractivity contribution in [3.8, 4) is 0 Å². The number of hydrogen-bond acceptors (Lipinski definition) is 3. The van der Waals surface area contributed by atoms with Crippen molar-refractivity contribution < 1.29 is 22.0 Å². The molecule has 132 valence electrons. The Kier molecular flexibility index (Phi) is 5.90. The van der Waals surface area contributed by atoms with Crippen LogP contribution in [0.5, 0.6) is 0 Å². The molecule has 24 heavy (non-hydrogen) atoms. The zero-order valence-corrected chi connectivity index (χ0v) is 13.5. The van der Waals surface area contributed by atoms with Gasteiger partial charge in [0.1, 0.15) is 11.6 Å². The van der Waals surface area contributed by atoms with E-state index < -0.39 is 23.6 Å². The summed E-state index contributed by atoms with van der Waals surface area (Å²) >= 11 is 0. The van der Waals surface area contributed by atoms with Gasteiger partial charge >= 0.3 is 6.18 Å². The molecule has 3 rings (SSSR count). The topological polar surface area (TPSA) is 28.4 Å². The molecule has 0 unspecified atom stereocenters. The van der Waals surface area contributed by atoms with E-state index in [0.717, 1.165) is 25.2 Å². The minimum absolute atomic E-state index is 0. The number of furan rings is 1. The van der Waals surface area contributed by atoms with Crippen molar-refractivity contribution in [2.24, 2.45) is 0 Å². The third kappa shape index (κ3) is 3.91. The SMILES string of the molecule is Cl.Fc1ccc([C@@H](c2ccco2)N2CCNCC2)cc1C(F)(F)F. The number of nitrogens with zero attached hydrogens (tertiary/aromatic N) is 1. The predicted octanol–water partition coefficient (Wildman–Crippen LogP) is 3.85. The molecule has 1 atom stereocenters. The third-order valence-electron chi connectivity index (χ3n) is 3.94. The van der Waals surface area contributed by atoms with Crippen molar-refractivity contribution in [1.82, 2.24) is 10.2 Å². The van der Waals surface area contributed by atoms with Gasteiger partial charge in [0.2, 0.25) is 0 Å². The standard InChI is InChI=1S/C16H16F4N2O.ClH/c17-13-4-3-11(10-12(13)16(18,19)20)15(14-2-1-9-23-14)22-7-5-21-6-8-22;/h1-4,9-10,15,21H,5-8H2;1H/t15-;/m0./s1. The minimum Gasteiger partial charge on any atom is -0.467 e. The first-order valence-electron chi connectivity index (χ1n) is 7.31. The van der Waals surface area contributed by atoms with E-state index in [2.05, 4.69) is 5.32 Å². The summed E-state index contributed by atoms with van der Waals surface area (Å²) in [6, 6.07) is 6.09. The average Bonchev–Trinajstić information content (AvgIpc) is 3.03. The Morgan fingerprint density at radius 2 is 1.83 bits per heavy atom.